The number of furan rings is 1. The van der Waals surface area contributed by atoms with Gasteiger partial charge in [-0.25, -0.2) is 0 Å². The quantitative estimate of drug-likeness (QED) is 0.180. The van der Waals surface area contributed by atoms with Crippen molar-refractivity contribution in [1.29, 1.82) is 0 Å². The molecule has 1 heterocycles. The molecule has 1 aromatic heterocycles. The van der Waals surface area contributed by atoms with E-state index in [1.807, 2.05) is 0 Å². The van der Waals surface area contributed by atoms with Gasteiger partial charge in [0.1, 0.15) is 5.58 Å². The lowest BCUT2D eigenvalue weighted by atomic mass is 9.79. The molecule has 3 aliphatic carbocycles. The molecule has 274 valence electrons. The van der Waals surface area contributed by atoms with E-state index < -0.39 is 0 Å². The van der Waals surface area contributed by atoms with Crippen LogP contribution in [-0.4, -0.2) is 0 Å². The van der Waals surface area contributed by atoms with E-state index in [0.29, 0.717) is 0 Å². The molecule has 9 aromatic rings. The van der Waals surface area contributed by atoms with Gasteiger partial charge in [-0.05, 0) is 102 Å². The van der Waals surface area contributed by atoms with Crippen molar-refractivity contribution in [3.63, 3.8) is 0 Å². The molecule has 0 unspecified atom stereocenters. The smallest absolute Gasteiger partial charge is 0.159 e. The van der Waals surface area contributed by atoms with E-state index in [-0.39, 0.29) is 16.2 Å². The molecule has 0 aliphatic heterocycles. The minimum absolute atomic E-state index is 0.138. The van der Waals surface area contributed by atoms with Gasteiger partial charge in [0.05, 0.1) is 5.69 Å². The average molecular weight is 734 g/mol. The molecule has 0 fully saturated rings. The number of hydrogen-bond donors (Lipinski definition) is 0. The van der Waals surface area contributed by atoms with Crippen molar-refractivity contribution < 1.29 is 4.42 Å². The van der Waals surface area contributed by atoms with Crippen LogP contribution in [0.15, 0.2) is 156 Å². The second-order valence-corrected chi connectivity index (χ2v) is 18.1. The number of para-hydroxylation sites is 1. The molecule has 0 bridgehead atoms. The van der Waals surface area contributed by atoms with E-state index in [1.54, 1.807) is 0 Å². The minimum atomic E-state index is -0.206. The second kappa shape index (κ2) is 10.9. The minimum Gasteiger partial charge on any atom is -0.453 e. The summed E-state index contributed by atoms with van der Waals surface area (Å²) in [6, 6.07) is 56.6. The molecule has 0 saturated carbocycles. The van der Waals surface area contributed by atoms with Crippen molar-refractivity contribution in [3.8, 4) is 33.4 Å². The first-order chi connectivity index (χ1) is 27.6. The van der Waals surface area contributed by atoms with Crippen LogP contribution in [0.4, 0.5) is 17.1 Å². The Kier molecular flexibility index (Phi) is 6.29. The SMILES string of the molecule is CC1(C)c2ccccc2-c2ccc(N(c3ccc4c(c3)C(C)(C)c3ccccc3-4)c3cccc4c3oc3c5ccccc5c5c(c43)C(C)(C)c3ccccc3-5)cc21. The summed E-state index contributed by atoms with van der Waals surface area (Å²) < 4.78 is 7.37. The van der Waals surface area contributed by atoms with Crippen LogP contribution in [-0.2, 0) is 16.2 Å². The van der Waals surface area contributed by atoms with E-state index in [0.717, 1.165) is 39.0 Å². The van der Waals surface area contributed by atoms with E-state index in [2.05, 4.69) is 198 Å². The lowest BCUT2D eigenvalue weighted by molar-refractivity contribution is 0.658. The van der Waals surface area contributed by atoms with Crippen LogP contribution in [0.1, 0.15) is 74.9 Å². The predicted octanol–water partition coefficient (Wildman–Crippen LogP) is 15.1. The summed E-state index contributed by atoms with van der Waals surface area (Å²) in [4.78, 5) is 2.46. The third-order valence-corrected chi connectivity index (χ3v) is 14.0. The summed E-state index contributed by atoms with van der Waals surface area (Å²) in [6.07, 6.45) is 0. The first kappa shape index (κ1) is 32.8. The maximum atomic E-state index is 7.37. The van der Waals surface area contributed by atoms with E-state index in [1.165, 1.54) is 77.5 Å². The number of rotatable bonds is 3. The number of benzene rings is 8. The molecule has 8 aromatic carbocycles. The Morgan fingerprint density at radius 3 is 1.46 bits per heavy atom. The van der Waals surface area contributed by atoms with E-state index in [9.17, 15) is 0 Å². The number of nitrogens with zero attached hydrogens (tertiary/aromatic N) is 1. The Labute approximate surface area is 334 Å². The highest BCUT2D eigenvalue weighted by atomic mass is 16.3. The Bertz CT molecular complexity index is 3120. The summed E-state index contributed by atoms with van der Waals surface area (Å²) in [6.45, 7) is 14.2. The highest BCUT2D eigenvalue weighted by Gasteiger charge is 2.41. The zero-order chi connectivity index (χ0) is 38.6. The normalized spacial score (nSPS) is 16.0. The summed E-state index contributed by atoms with van der Waals surface area (Å²) in [7, 11) is 0. The molecule has 2 heteroatoms. The second-order valence-electron chi connectivity index (χ2n) is 18.1. The first-order valence-corrected chi connectivity index (χ1v) is 20.4. The lowest BCUT2D eigenvalue weighted by Crippen LogP contribution is -2.18. The van der Waals surface area contributed by atoms with E-state index >= 15 is 0 Å². The van der Waals surface area contributed by atoms with Crippen molar-refractivity contribution in [1.82, 2.24) is 0 Å². The molecule has 3 aliphatic rings. The highest BCUT2D eigenvalue weighted by Crippen LogP contribution is 2.58. The van der Waals surface area contributed by atoms with Gasteiger partial charge in [-0.3, -0.25) is 0 Å². The summed E-state index contributed by atoms with van der Waals surface area (Å²) >= 11 is 0. The molecule has 0 amide bonds. The molecule has 57 heavy (non-hydrogen) atoms. The molecule has 0 atom stereocenters. The van der Waals surface area contributed by atoms with Crippen LogP contribution >= 0.6 is 0 Å². The van der Waals surface area contributed by atoms with Crippen molar-refractivity contribution in [2.45, 2.75) is 57.8 Å². The van der Waals surface area contributed by atoms with Gasteiger partial charge in [-0.15, -0.1) is 0 Å². The van der Waals surface area contributed by atoms with Gasteiger partial charge >= 0.3 is 0 Å². The molecule has 0 N–H and O–H groups in total. The third kappa shape index (κ3) is 4.10. The molecular formula is C55H43NO. The van der Waals surface area contributed by atoms with Gasteiger partial charge in [0, 0.05) is 43.8 Å². The highest BCUT2D eigenvalue weighted by molar-refractivity contribution is 6.24. The summed E-state index contributed by atoms with van der Waals surface area (Å²) in [5, 5.41) is 4.77. The predicted molar refractivity (Wildman–Crippen MR) is 239 cm³/mol. The van der Waals surface area contributed by atoms with Gasteiger partial charge in [-0.1, -0.05) is 163 Å². The monoisotopic (exact) mass is 733 g/mol. The van der Waals surface area contributed by atoms with Gasteiger partial charge in [0.2, 0.25) is 0 Å². The molecule has 0 spiro atoms. The van der Waals surface area contributed by atoms with Crippen molar-refractivity contribution in [2.24, 2.45) is 0 Å². The van der Waals surface area contributed by atoms with Gasteiger partial charge in [0.25, 0.3) is 0 Å². The van der Waals surface area contributed by atoms with Crippen LogP contribution in [0, 0.1) is 0 Å². The lowest BCUT2D eigenvalue weighted by Gasteiger charge is -2.29. The van der Waals surface area contributed by atoms with Crippen LogP contribution < -0.4 is 4.90 Å². The Morgan fingerprint density at radius 1 is 0.386 bits per heavy atom. The topological polar surface area (TPSA) is 16.4 Å². The van der Waals surface area contributed by atoms with Crippen LogP contribution in [0.25, 0.3) is 66.1 Å². The van der Waals surface area contributed by atoms with Crippen molar-refractivity contribution in [2.75, 3.05) is 4.90 Å². The number of hydrogen-bond acceptors (Lipinski definition) is 2. The van der Waals surface area contributed by atoms with Crippen LogP contribution in [0.2, 0.25) is 0 Å². The van der Waals surface area contributed by atoms with Crippen molar-refractivity contribution >= 4 is 49.8 Å². The molecule has 0 radical (unpaired) electrons. The van der Waals surface area contributed by atoms with Crippen LogP contribution in [0.5, 0.6) is 0 Å². The largest absolute Gasteiger partial charge is 0.453 e. The zero-order valence-corrected chi connectivity index (χ0v) is 33.3. The van der Waals surface area contributed by atoms with Gasteiger partial charge in [0.15, 0.2) is 5.58 Å². The molecule has 12 rings (SSSR count). The van der Waals surface area contributed by atoms with Crippen molar-refractivity contribution in [3.05, 3.63) is 185 Å². The standard InChI is InChI=1S/C55H43NO/c1-53(2)42-22-12-9-16-34(42)36-28-26-32(30-45(36)53)56(33-27-29-37-35-17-10-13-23-43(35)54(3,4)46(37)31-33)47-25-15-21-41-49-50-48(40-20-11-14-24-44(40)55(50,5)6)38-18-7-8-19-39(38)52(49)57-51(41)47/h7-31H,1-6H3. The molecule has 2 nitrogen and oxygen atoms in total. The summed E-state index contributed by atoms with van der Waals surface area (Å²) in [5.74, 6) is 0. The third-order valence-electron chi connectivity index (χ3n) is 14.0. The zero-order valence-electron chi connectivity index (χ0n) is 33.3. The number of anilines is 3. The Morgan fingerprint density at radius 2 is 0.860 bits per heavy atom. The first-order valence-electron chi connectivity index (χ1n) is 20.4. The van der Waals surface area contributed by atoms with Crippen LogP contribution in [0.3, 0.4) is 0 Å². The molecule has 0 saturated heterocycles. The maximum Gasteiger partial charge on any atom is 0.159 e. The molecular weight excluding hydrogens is 691 g/mol. The van der Waals surface area contributed by atoms with Gasteiger partial charge in [-0.2, -0.15) is 0 Å². The number of fused-ring (bicyclic) bond motifs is 16. The fourth-order valence-electron chi connectivity index (χ4n) is 11.3. The fourth-order valence-corrected chi connectivity index (χ4v) is 11.3. The summed E-state index contributed by atoms with van der Waals surface area (Å²) in [5.41, 5.74) is 20.8. The van der Waals surface area contributed by atoms with E-state index in [4.69, 9.17) is 4.42 Å². The Hall–Kier alpha value is -6.38. The van der Waals surface area contributed by atoms with Gasteiger partial charge < -0.3 is 9.32 Å². The maximum absolute atomic E-state index is 7.37. The fraction of sp³-hybridized carbons (Fsp3) is 0.164. The average Bonchev–Trinajstić information content (AvgIpc) is 3.88. The Balaban J connectivity index is 1.16.